The molecule has 0 fully saturated rings. The summed E-state index contributed by atoms with van der Waals surface area (Å²) in [4.78, 5) is 12.1. The maximum absolute atomic E-state index is 13.6. The van der Waals surface area contributed by atoms with Crippen LogP contribution in [0, 0.1) is 11.6 Å². The van der Waals surface area contributed by atoms with E-state index in [1.165, 1.54) is 13.2 Å². The Balaban J connectivity index is 2.33. The molecule has 0 radical (unpaired) electrons. The van der Waals surface area contributed by atoms with Crippen molar-refractivity contribution >= 4 is 21.7 Å². The minimum absolute atomic E-state index is 0.115. The molecule has 0 aliphatic carbocycles. The van der Waals surface area contributed by atoms with Crippen LogP contribution in [0.2, 0.25) is 0 Å². The van der Waals surface area contributed by atoms with E-state index in [1.807, 2.05) is 0 Å². The number of carbonyl (C=O) groups is 1. The van der Waals surface area contributed by atoms with Crippen molar-refractivity contribution in [2.24, 2.45) is 0 Å². The first-order valence-electron chi connectivity index (χ1n) is 5.82. The summed E-state index contributed by atoms with van der Waals surface area (Å²) < 4.78 is 32.9. The highest BCUT2D eigenvalue weighted by atomic mass is 79.9. The monoisotopic (exact) mass is 340 g/mol. The number of carbonyl (C=O) groups excluding carboxylic acids is 1. The van der Waals surface area contributed by atoms with Crippen LogP contribution in [0.4, 0.5) is 8.78 Å². The fraction of sp³-hybridized carbons (Fsp3) is 0.133. The van der Waals surface area contributed by atoms with Crippen molar-refractivity contribution in [3.05, 3.63) is 63.6 Å². The van der Waals surface area contributed by atoms with Crippen molar-refractivity contribution in [2.45, 2.75) is 6.42 Å². The molecule has 0 aliphatic rings. The molecule has 0 heterocycles. The van der Waals surface area contributed by atoms with E-state index in [1.54, 1.807) is 18.2 Å². The molecule has 20 heavy (non-hydrogen) atoms. The van der Waals surface area contributed by atoms with Crippen molar-refractivity contribution in [2.75, 3.05) is 7.11 Å². The third-order valence-electron chi connectivity index (χ3n) is 2.85. The van der Waals surface area contributed by atoms with Crippen LogP contribution in [0.5, 0.6) is 5.75 Å². The van der Waals surface area contributed by atoms with Gasteiger partial charge in [-0.05, 0) is 35.9 Å². The lowest BCUT2D eigenvalue weighted by atomic mass is 10.0. The molecule has 0 N–H and O–H groups in total. The van der Waals surface area contributed by atoms with Gasteiger partial charge in [0.25, 0.3) is 0 Å². The van der Waals surface area contributed by atoms with Crippen LogP contribution >= 0.6 is 15.9 Å². The minimum Gasteiger partial charge on any atom is -0.497 e. The Hall–Kier alpha value is -1.75. The summed E-state index contributed by atoms with van der Waals surface area (Å²) in [5, 5.41) is 0. The summed E-state index contributed by atoms with van der Waals surface area (Å²) in [6, 6.07) is 8.46. The summed E-state index contributed by atoms with van der Waals surface area (Å²) in [6.45, 7) is 0. The molecule has 0 saturated carbocycles. The zero-order valence-corrected chi connectivity index (χ0v) is 12.2. The van der Waals surface area contributed by atoms with Gasteiger partial charge in [0, 0.05) is 10.9 Å². The van der Waals surface area contributed by atoms with Gasteiger partial charge in [0.15, 0.2) is 5.78 Å². The normalized spacial score (nSPS) is 10.4. The quantitative estimate of drug-likeness (QED) is 0.781. The molecule has 0 atom stereocenters. The highest BCUT2D eigenvalue weighted by Crippen LogP contribution is 2.24. The summed E-state index contributed by atoms with van der Waals surface area (Å²) >= 11 is 3.30. The van der Waals surface area contributed by atoms with Crippen LogP contribution in [-0.4, -0.2) is 12.9 Å². The van der Waals surface area contributed by atoms with E-state index in [2.05, 4.69) is 15.9 Å². The largest absolute Gasteiger partial charge is 0.497 e. The van der Waals surface area contributed by atoms with E-state index < -0.39 is 23.0 Å². The van der Waals surface area contributed by atoms with Gasteiger partial charge in [-0.2, -0.15) is 0 Å². The number of benzene rings is 2. The Morgan fingerprint density at radius 3 is 2.45 bits per heavy atom. The molecule has 2 nitrogen and oxygen atoms in total. The number of methoxy groups -OCH3 is 1. The van der Waals surface area contributed by atoms with Crippen LogP contribution in [0.3, 0.4) is 0 Å². The van der Waals surface area contributed by atoms with Crippen LogP contribution in [-0.2, 0) is 6.42 Å². The van der Waals surface area contributed by atoms with Gasteiger partial charge in [-0.3, -0.25) is 4.79 Å². The first-order valence-corrected chi connectivity index (χ1v) is 6.62. The first kappa shape index (κ1) is 14.7. The number of Topliss-reactive ketones (excluding diaryl/α,β-unsaturated/α-hetero) is 1. The fourth-order valence-electron chi connectivity index (χ4n) is 1.84. The molecule has 0 saturated heterocycles. The van der Waals surface area contributed by atoms with Crippen molar-refractivity contribution < 1.29 is 18.3 Å². The molecular weight excluding hydrogens is 330 g/mol. The summed E-state index contributed by atoms with van der Waals surface area (Å²) in [6.07, 6.45) is -0.115. The zero-order valence-electron chi connectivity index (χ0n) is 10.6. The van der Waals surface area contributed by atoms with Gasteiger partial charge in [0.1, 0.15) is 17.4 Å². The Labute approximate surface area is 123 Å². The molecule has 0 spiro atoms. The molecule has 2 aromatic carbocycles. The van der Waals surface area contributed by atoms with Gasteiger partial charge in [-0.1, -0.05) is 22.0 Å². The van der Waals surface area contributed by atoms with Gasteiger partial charge < -0.3 is 4.74 Å². The Morgan fingerprint density at radius 1 is 1.20 bits per heavy atom. The summed E-state index contributed by atoms with van der Waals surface area (Å²) in [5.41, 5.74) is 0.0965. The average molecular weight is 341 g/mol. The molecule has 0 unspecified atom stereocenters. The van der Waals surface area contributed by atoms with Crippen LogP contribution in [0.25, 0.3) is 0 Å². The van der Waals surface area contributed by atoms with E-state index in [0.29, 0.717) is 15.8 Å². The van der Waals surface area contributed by atoms with Crippen molar-refractivity contribution in [1.29, 1.82) is 0 Å². The third-order valence-corrected chi connectivity index (χ3v) is 3.62. The molecule has 0 amide bonds. The Morgan fingerprint density at radius 2 is 1.85 bits per heavy atom. The van der Waals surface area contributed by atoms with Gasteiger partial charge in [0.05, 0.1) is 12.7 Å². The summed E-state index contributed by atoms with van der Waals surface area (Å²) in [5.74, 6) is -1.75. The second-order valence-electron chi connectivity index (χ2n) is 4.15. The predicted octanol–water partition coefficient (Wildman–Crippen LogP) is 4.16. The second kappa shape index (κ2) is 6.13. The van der Waals surface area contributed by atoms with Crippen LogP contribution in [0.15, 0.2) is 40.9 Å². The SMILES string of the molecule is COc1ccc(Br)c(CC(=O)c2c(F)cccc2F)c1. The fourth-order valence-corrected chi connectivity index (χ4v) is 2.23. The van der Waals surface area contributed by atoms with E-state index in [-0.39, 0.29) is 6.42 Å². The van der Waals surface area contributed by atoms with Crippen LogP contribution < -0.4 is 4.74 Å². The maximum atomic E-state index is 13.6. The number of halogens is 3. The zero-order chi connectivity index (χ0) is 14.7. The highest BCUT2D eigenvalue weighted by molar-refractivity contribution is 9.10. The smallest absolute Gasteiger partial charge is 0.173 e. The van der Waals surface area contributed by atoms with Crippen LogP contribution in [0.1, 0.15) is 15.9 Å². The lowest BCUT2D eigenvalue weighted by Crippen LogP contribution is -2.09. The molecule has 0 aliphatic heterocycles. The molecule has 0 aromatic heterocycles. The van der Waals surface area contributed by atoms with Gasteiger partial charge in [0.2, 0.25) is 0 Å². The molecule has 2 aromatic rings. The molecular formula is C15H11BrF2O2. The maximum Gasteiger partial charge on any atom is 0.173 e. The third kappa shape index (κ3) is 3.04. The molecule has 0 bridgehead atoms. The van der Waals surface area contributed by atoms with Crippen molar-refractivity contribution in [3.8, 4) is 5.75 Å². The summed E-state index contributed by atoms with van der Waals surface area (Å²) in [7, 11) is 1.51. The Kier molecular flexibility index (Phi) is 4.49. The number of hydrogen-bond acceptors (Lipinski definition) is 2. The van der Waals surface area contributed by atoms with E-state index in [0.717, 1.165) is 12.1 Å². The second-order valence-corrected chi connectivity index (χ2v) is 5.01. The number of rotatable bonds is 4. The molecule has 104 valence electrons. The van der Waals surface area contributed by atoms with E-state index in [9.17, 15) is 13.6 Å². The van der Waals surface area contributed by atoms with Crippen molar-refractivity contribution in [1.82, 2.24) is 0 Å². The average Bonchev–Trinajstić information content (AvgIpc) is 2.41. The standard InChI is InChI=1S/C15H11BrF2O2/c1-20-10-5-6-11(16)9(7-10)8-14(19)15-12(17)3-2-4-13(15)18/h2-7H,8H2,1H3. The van der Waals surface area contributed by atoms with E-state index in [4.69, 9.17) is 4.74 Å². The predicted molar refractivity (Wildman–Crippen MR) is 75.1 cm³/mol. The molecule has 2 rings (SSSR count). The lowest BCUT2D eigenvalue weighted by Gasteiger charge is -2.08. The number of hydrogen-bond donors (Lipinski definition) is 0. The number of ether oxygens (including phenoxy) is 1. The Bertz CT molecular complexity index is 636. The lowest BCUT2D eigenvalue weighted by molar-refractivity contribution is 0.0984. The highest BCUT2D eigenvalue weighted by Gasteiger charge is 2.18. The van der Waals surface area contributed by atoms with Crippen molar-refractivity contribution in [3.63, 3.8) is 0 Å². The topological polar surface area (TPSA) is 26.3 Å². The van der Waals surface area contributed by atoms with Gasteiger partial charge >= 0.3 is 0 Å². The molecule has 5 heteroatoms. The first-order chi connectivity index (χ1) is 9.52. The van der Waals surface area contributed by atoms with Gasteiger partial charge in [-0.15, -0.1) is 0 Å². The van der Waals surface area contributed by atoms with E-state index >= 15 is 0 Å². The minimum atomic E-state index is -0.853. The number of ketones is 1. The van der Waals surface area contributed by atoms with Gasteiger partial charge in [-0.25, -0.2) is 8.78 Å².